The van der Waals surface area contributed by atoms with Gasteiger partial charge in [-0.15, -0.1) is 11.3 Å². The Labute approximate surface area is 228 Å². The number of benzene rings is 2. The van der Waals surface area contributed by atoms with Crippen molar-refractivity contribution in [2.45, 2.75) is 32.7 Å². The Morgan fingerprint density at radius 2 is 2.00 bits per heavy atom. The number of halogens is 2. The van der Waals surface area contributed by atoms with E-state index in [0.717, 1.165) is 5.69 Å². The zero-order valence-electron chi connectivity index (χ0n) is 21.3. The molecule has 10 heteroatoms. The zero-order valence-corrected chi connectivity index (χ0v) is 22.9. The Morgan fingerprint density at radius 3 is 2.68 bits per heavy atom. The van der Waals surface area contributed by atoms with Gasteiger partial charge in [0.15, 0.2) is 0 Å². The number of carbonyl (C=O) groups is 1. The fourth-order valence-corrected chi connectivity index (χ4v) is 6.17. The number of piperazine rings is 1. The summed E-state index contributed by atoms with van der Waals surface area (Å²) >= 11 is 8.12. The molecule has 3 heterocycles. The molecule has 7 nitrogen and oxygen atoms in total. The normalized spacial score (nSPS) is 15.9. The van der Waals surface area contributed by atoms with Crippen molar-refractivity contribution in [3.8, 4) is 16.1 Å². The van der Waals surface area contributed by atoms with E-state index in [9.17, 15) is 14.0 Å². The number of rotatable bonds is 5. The topological polar surface area (TPSA) is 71.3 Å². The van der Waals surface area contributed by atoms with E-state index < -0.39 is 11.5 Å². The quantitative estimate of drug-likeness (QED) is 0.300. The highest BCUT2D eigenvalue weighted by Gasteiger charge is 2.30. The Hall–Kier alpha value is -3.56. The van der Waals surface area contributed by atoms with Gasteiger partial charge in [-0.05, 0) is 37.1 Å². The maximum absolute atomic E-state index is 14.8. The predicted octanol–water partition coefficient (Wildman–Crippen LogP) is 5.65. The molecule has 2 aromatic carbocycles. The SMILES string of the molecule is C=CC(=O)N1CCN(c2nc(=O)n(-c3scnc3C(C)C)c3cc(-c4ccccc4F)c(Cl)cc23)[C@@H](C)C1. The highest BCUT2D eigenvalue weighted by atomic mass is 35.5. The first kappa shape index (κ1) is 26.1. The number of carbonyl (C=O) groups excluding carboxylic acids is 1. The zero-order chi connectivity index (χ0) is 27.1. The van der Waals surface area contributed by atoms with Gasteiger partial charge in [-0.3, -0.25) is 4.79 Å². The number of amides is 1. The third-order valence-electron chi connectivity index (χ3n) is 6.84. The van der Waals surface area contributed by atoms with Crippen LogP contribution in [0.5, 0.6) is 0 Å². The summed E-state index contributed by atoms with van der Waals surface area (Å²) in [6.45, 7) is 11.0. The summed E-state index contributed by atoms with van der Waals surface area (Å²) in [6, 6.07) is 9.81. The largest absolute Gasteiger partial charge is 0.355 e. The van der Waals surface area contributed by atoms with Crippen LogP contribution in [0.1, 0.15) is 32.4 Å². The predicted molar refractivity (Wildman–Crippen MR) is 151 cm³/mol. The van der Waals surface area contributed by atoms with Crippen molar-refractivity contribution in [1.29, 1.82) is 0 Å². The Kier molecular flexibility index (Phi) is 7.07. The monoisotopic (exact) mass is 551 g/mol. The molecular weight excluding hydrogens is 525 g/mol. The lowest BCUT2D eigenvalue weighted by atomic mass is 10.0. The van der Waals surface area contributed by atoms with E-state index in [-0.39, 0.29) is 17.9 Å². The molecule has 0 bridgehead atoms. The second-order valence-corrected chi connectivity index (χ2v) is 10.9. The average molecular weight is 552 g/mol. The molecule has 0 spiro atoms. The molecule has 196 valence electrons. The number of anilines is 1. The molecule has 1 aliphatic heterocycles. The number of hydrogen-bond acceptors (Lipinski definition) is 6. The molecule has 1 atom stereocenters. The molecular formula is C28H27ClFN5O2S. The highest BCUT2D eigenvalue weighted by molar-refractivity contribution is 7.12. The van der Waals surface area contributed by atoms with E-state index in [0.29, 0.717) is 57.5 Å². The molecule has 2 aromatic heterocycles. The van der Waals surface area contributed by atoms with Crippen LogP contribution in [0, 0.1) is 5.82 Å². The molecule has 0 radical (unpaired) electrons. The second kappa shape index (κ2) is 10.3. The summed E-state index contributed by atoms with van der Waals surface area (Å²) in [5.74, 6) is 0.0201. The second-order valence-electron chi connectivity index (χ2n) is 9.61. The summed E-state index contributed by atoms with van der Waals surface area (Å²) in [4.78, 5) is 38.7. The van der Waals surface area contributed by atoms with Crippen LogP contribution in [0.25, 0.3) is 27.0 Å². The summed E-state index contributed by atoms with van der Waals surface area (Å²) in [5, 5.41) is 1.68. The fourth-order valence-electron chi connectivity index (χ4n) is 4.94. The lowest BCUT2D eigenvalue weighted by molar-refractivity contribution is -0.126. The molecule has 0 aliphatic carbocycles. The molecule has 1 amide bonds. The van der Waals surface area contributed by atoms with Gasteiger partial charge in [-0.25, -0.2) is 18.7 Å². The first-order valence-electron chi connectivity index (χ1n) is 12.3. The van der Waals surface area contributed by atoms with Crippen molar-refractivity contribution in [3.05, 3.63) is 81.6 Å². The molecule has 0 saturated carbocycles. The molecule has 1 fully saturated rings. The third kappa shape index (κ3) is 4.50. The van der Waals surface area contributed by atoms with Crippen LogP contribution in [0.2, 0.25) is 5.02 Å². The fraction of sp³-hybridized carbons (Fsp3) is 0.286. The summed E-state index contributed by atoms with van der Waals surface area (Å²) in [6.07, 6.45) is 1.31. The van der Waals surface area contributed by atoms with E-state index in [1.807, 2.05) is 25.7 Å². The van der Waals surface area contributed by atoms with Gasteiger partial charge in [0.2, 0.25) is 5.91 Å². The van der Waals surface area contributed by atoms with Gasteiger partial charge in [-0.1, -0.05) is 50.2 Å². The number of fused-ring (bicyclic) bond motifs is 1. The molecule has 38 heavy (non-hydrogen) atoms. The van der Waals surface area contributed by atoms with Crippen molar-refractivity contribution in [3.63, 3.8) is 0 Å². The maximum atomic E-state index is 14.8. The Bertz CT molecular complexity index is 1610. The van der Waals surface area contributed by atoms with E-state index in [1.165, 1.54) is 23.5 Å². The third-order valence-corrected chi connectivity index (χ3v) is 7.97. The molecule has 0 N–H and O–H groups in total. The van der Waals surface area contributed by atoms with Gasteiger partial charge in [0.05, 0.1) is 16.7 Å². The van der Waals surface area contributed by atoms with Crippen molar-refractivity contribution in [2.24, 2.45) is 0 Å². The number of nitrogens with zero attached hydrogens (tertiary/aromatic N) is 5. The average Bonchev–Trinajstić information content (AvgIpc) is 3.38. The number of hydrogen-bond donors (Lipinski definition) is 0. The lowest BCUT2D eigenvalue weighted by Crippen LogP contribution is -2.54. The first-order valence-corrected chi connectivity index (χ1v) is 13.6. The Balaban J connectivity index is 1.76. The summed E-state index contributed by atoms with van der Waals surface area (Å²) in [5.41, 5.74) is 3.41. The van der Waals surface area contributed by atoms with Gasteiger partial charge in [0.25, 0.3) is 0 Å². The first-order chi connectivity index (χ1) is 18.2. The number of thiazole rings is 1. The van der Waals surface area contributed by atoms with Crippen LogP contribution in [-0.4, -0.2) is 51.0 Å². The Morgan fingerprint density at radius 1 is 1.24 bits per heavy atom. The van der Waals surface area contributed by atoms with Crippen LogP contribution < -0.4 is 10.6 Å². The molecule has 1 aliphatic rings. The van der Waals surface area contributed by atoms with E-state index >= 15 is 0 Å². The minimum absolute atomic E-state index is 0.0757. The minimum Gasteiger partial charge on any atom is -0.350 e. The minimum atomic E-state index is -0.461. The van der Waals surface area contributed by atoms with Gasteiger partial charge >= 0.3 is 5.69 Å². The van der Waals surface area contributed by atoms with Crippen molar-refractivity contribution in [1.82, 2.24) is 19.4 Å². The van der Waals surface area contributed by atoms with Crippen LogP contribution >= 0.6 is 22.9 Å². The van der Waals surface area contributed by atoms with E-state index in [4.69, 9.17) is 11.6 Å². The standard InChI is InChI=1S/C28H27ClFN5O2S/c1-5-24(36)33-10-11-34(17(4)14-33)26-20-12-21(29)19(18-8-6-7-9-22(18)30)13-23(20)35(28(37)32-26)27-25(16(2)3)31-15-38-27/h5-9,12-13,15-17H,1,10-11,14H2,2-4H3/t17-/m0/s1. The smallest absolute Gasteiger partial charge is 0.350 e. The molecule has 1 saturated heterocycles. The summed E-state index contributed by atoms with van der Waals surface area (Å²) in [7, 11) is 0. The van der Waals surface area contributed by atoms with E-state index in [1.54, 1.807) is 45.3 Å². The molecule has 0 unspecified atom stereocenters. The number of aromatic nitrogens is 3. The van der Waals surface area contributed by atoms with E-state index in [2.05, 4.69) is 16.5 Å². The van der Waals surface area contributed by atoms with Crippen LogP contribution in [-0.2, 0) is 4.79 Å². The molecule has 4 aromatic rings. The van der Waals surface area contributed by atoms with Crippen LogP contribution in [0.15, 0.2) is 59.4 Å². The van der Waals surface area contributed by atoms with Gasteiger partial charge in [0, 0.05) is 47.2 Å². The van der Waals surface area contributed by atoms with Crippen molar-refractivity contribution < 1.29 is 9.18 Å². The lowest BCUT2D eigenvalue weighted by Gasteiger charge is -2.40. The maximum Gasteiger partial charge on any atom is 0.355 e. The van der Waals surface area contributed by atoms with Crippen LogP contribution in [0.3, 0.4) is 0 Å². The highest BCUT2D eigenvalue weighted by Crippen LogP contribution is 2.38. The summed E-state index contributed by atoms with van der Waals surface area (Å²) < 4.78 is 16.4. The van der Waals surface area contributed by atoms with Gasteiger partial charge < -0.3 is 9.80 Å². The van der Waals surface area contributed by atoms with Crippen molar-refractivity contribution in [2.75, 3.05) is 24.5 Å². The molecule has 5 rings (SSSR count). The van der Waals surface area contributed by atoms with Crippen molar-refractivity contribution >= 4 is 45.6 Å². The van der Waals surface area contributed by atoms with Crippen LogP contribution in [0.4, 0.5) is 10.2 Å². The van der Waals surface area contributed by atoms with Gasteiger partial charge in [-0.2, -0.15) is 4.98 Å². The van der Waals surface area contributed by atoms with Gasteiger partial charge in [0.1, 0.15) is 16.6 Å².